The van der Waals surface area contributed by atoms with Gasteiger partial charge >= 0.3 is 300 Å². The molecule has 0 aromatic heterocycles. The van der Waals surface area contributed by atoms with Crippen LogP contribution in [0, 0.1) is 0 Å². The van der Waals surface area contributed by atoms with Crippen molar-refractivity contribution in [3.63, 3.8) is 0 Å². The monoisotopic (exact) mass is 768 g/mol. The fourth-order valence-electron chi connectivity index (χ4n) is 6.76. The summed E-state index contributed by atoms with van der Waals surface area (Å²) in [5.74, 6) is 0. The summed E-state index contributed by atoms with van der Waals surface area (Å²) in [6.45, 7) is 0. The molecule has 0 aliphatic carbocycles. The molecular weight excluding hydrogens is 735 g/mol. The summed E-state index contributed by atoms with van der Waals surface area (Å²) >= 11 is 0.880. The molecule has 0 saturated carbocycles. The number of hydrogen-bond acceptors (Lipinski definition) is 4. The molecule has 0 amide bonds. The van der Waals surface area contributed by atoms with E-state index in [1.54, 1.807) is 0 Å². The number of allylic oxidation sites excluding steroid dienone is 12. The molecule has 5 aliphatic heterocycles. The first kappa shape index (κ1) is 33.7. The molecule has 0 spiro atoms. The molecule has 5 aliphatic rings. The second kappa shape index (κ2) is 14.2. The van der Waals surface area contributed by atoms with Crippen molar-refractivity contribution in [1.82, 2.24) is 0 Å². The Bertz CT molecular complexity index is 2440. The predicted molar refractivity (Wildman–Crippen MR) is 213 cm³/mol. The summed E-state index contributed by atoms with van der Waals surface area (Å²) in [7, 11) is 0. The zero-order valence-corrected chi connectivity index (χ0v) is 30.8. The molecule has 5 heterocycles. The quantitative estimate of drug-likeness (QED) is 0.195. The molecule has 0 saturated heterocycles. The fourth-order valence-corrected chi connectivity index (χ4v) is 8.05. The molecular formula is C44H32N4O2Sn. The van der Waals surface area contributed by atoms with Crippen LogP contribution in [0.2, 0.25) is 0 Å². The van der Waals surface area contributed by atoms with Gasteiger partial charge in [-0.25, -0.2) is 0 Å². The summed E-state index contributed by atoms with van der Waals surface area (Å²) < 4.78 is 1.22. The van der Waals surface area contributed by atoms with Gasteiger partial charge in [0.15, 0.2) is 0 Å². The Morgan fingerprint density at radius 1 is 0.392 bits per heavy atom. The van der Waals surface area contributed by atoms with E-state index in [0.29, 0.717) is 0 Å². The van der Waals surface area contributed by atoms with Crippen molar-refractivity contribution >= 4 is 67.7 Å². The van der Waals surface area contributed by atoms with Crippen LogP contribution in [0.25, 0.3) is 22.3 Å². The van der Waals surface area contributed by atoms with E-state index >= 15 is 0 Å². The van der Waals surface area contributed by atoms with Crippen LogP contribution in [0.1, 0.15) is 22.3 Å². The van der Waals surface area contributed by atoms with Crippen molar-refractivity contribution in [2.75, 3.05) is 0 Å². The Morgan fingerprint density at radius 3 is 1.39 bits per heavy atom. The van der Waals surface area contributed by atoms with Crippen LogP contribution in [-0.2, 0) is 0 Å². The molecule has 4 aromatic carbocycles. The van der Waals surface area contributed by atoms with Crippen molar-refractivity contribution in [2.45, 2.75) is 0 Å². The molecule has 0 atom stereocenters. The fraction of sp³-hybridized carbons (Fsp3) is 0. The first-order valence-corrected chi connectivity index (χ1v) is 17.9. The zero-order valence-electron chi connectivity index (χ0n) is 27.5. The van der Waals surface area contributed by atoms with Crippen molar-refractivity contribution in [3.8, 4) is 0 Å². The maximum absolute atomic E-state index is 5.60. The molecule has 4 N–H and O–H groups in total. The summed E-state index contributed by atoms with van der Waals surface area (Å²) in [6.07, 6.45) is 14.5. The number of hydrogen-bond donors (Lipinski definition) is 0. The molecule has 7 heteroatoms. The third kappa shape index (κ3) is 6.25. The molecule has 244 valence electrons. The van der Waals surface area contributed by atoms with Gasteiger partial charge in [-0.1, -0.05) is 0 Å². The minimum absolute atomic E-state index is 0. The SMILES string of the molecule is O.O.[SnH][C]1=C(c2ccccc2)C2=C(c3ccccc3)C3=NC(=CC4=NC(=CC5=NC(=CC1=N2)C=C5)C=C4)C(c1ccccc1)=C3c1ccccc1. The summed E-state index contributed by atoms with van der Waals surface area (Å²) in [6, 6.07) is 42.5. The van der Waals surface area contributed by atoms with Gasteiger partial charge in [0.05, 0.1) is 0 Å². The number of aliphatic imine (C=N–C) groups is 4. The van der Waals surface area contributed by atoms with Crippen LogP contribution < -0.4 is 0 Å². The van der Waals surface area contributed by atoms with Gasteiger partial charge in [-0.2, -0.15) is 0 Å². The van der Waals surface area contributed by atoms with Crippen molar-refractivity contribution in [3.05, 3.63) is 212 Å². The van der Waals surface area contributed by atoms with Crippen LogP contribution in [0.3, 0.4) is 0 Å². The van der Waals surface area contributed by atoms with Gasteiger partial charge in [0.1, 0.15) is 0 Å². The van der Waals surface area contributed by atoms with Gasteiger partial charge in [0, 0.05) is 0 Å². The number of fused-ring (bicyclic) bond motifs is 4. The molecule has 6 nitrogen and oxygen atoms in total. The third-order valence-electron chi connectivity index (χ3n) is 8.94. The van der Waals surface area contributed by atoms with E-state index in [-0.39, 0.29) is 11.0 Å². The Hall–Kier alpha value is -5.80. The van der Waals surface area contributed by atoms with Gasteiger partial charge in [0.25, 0.3) is 0 Å². The van der Waals surface area contributed by atoms with E-state index in [9.17, 15) is 0 Å². The number of benzene rings is 4. The zero-order chi connectivity index (χ0) is 32.7. The molecule has 0 fully saturated rings. The normalized spacial score (nSPS) is 17.2. The van der Waals surface area contributed by atoms with Crippen LogP contribution in [0.5, 0.6) is 0 Å². The van der Waals surface area contributed by atoms with Gasteiger partial charge in [-0.15, -0.1) is 0 Å². The van der Waals surface area contributed by atoms with E-state index in [4.69, 9.17) is 20.0 Å². The van der Waals surface area contributed by atoms with Crippen molar-refractivity contribution in [1.29, 1.82) is 0 Å². The summed E-state index contributed by atoms with van der Waals surface area (Å²) in [5, 5.41) is 0. The minimum atomic E-state index is 0. The second-order valence-corrected chi connectivity index (χ2v) is 13.7. The Labute approximate surface area is 309 Å². The molecule has 4 aromatic rings. The van der Waals surface area contributed by atoms with E-state index in [1.165, 1.54) is 3.59 Å². The molecule has 51 heavy (non-hydrogen) atoms. The van der Waals surface area contributed by atoms with Gasteiger partial charge < -0.3 is 11.0 Å². The Kier molecular flexibility index (Phi) is 9.38. The maximum atomic E-state index is 5.60. The first-order chi connectivity index (χ1) is 24.2. The average Bonchev–Trinajstić information content (AvgIpc) is 3.94. The third-order valence-corrected chi connectivity index (χ3v) is 10.6. The topological polar surface area (TPSA) is 112 Å². The molecule has 2 radical (unpaired) electrons. The van der Waals surface area contributed by atoms with Crippen molar-refractivity contribution < 1.29 is 11.0 Å². The van der Waals surface area contributed by atoms with Crippen LogP contribution in [0.15, 0.2) is 210 Å². The van der Waals surface area contributed by atoms with E-state index in [1.807, 2.05) is 18.2 Å². The number of nitrogens with zero attached hydrogens (tertiary/aromatic N) is 4. The molecule has 8 bridgehead atoms. The summed E-state index contributed by atoms with van der Waals surface area (Å²) in [4.78, 5) is 21.0. The Morgan fingerprint density at radius 2 is 0.843 bits per heavy atom. The van der Waals surface area contributed by atoms with Crippen LogP contribution >= 0.6 is 0 Å². The average molecular weight is 767 g/mol. The molecule has 0 unspecified atom stereocenters. The van der Waals surface area contributed by atoms with E-state index in [0.717, 1.165) is 113 Å². The second-order valence-electron chi connectivity index (χ2n) is 12.1. The van der Waals surface area contributed by atoms with Crippen molar-refractivity contribution in [2.24, 2.45) is 20.0 Å². The molecule has 9 rings (SSSR count). The Balaban J connectivity index is 0.00000203. The van der Waals surface area contributed by atoms with E-state index in [2.05, 4.69) is 146 Å². The number of rotatable bonds is 4. The van der Waals surface area contributed by atoms with Crippen LogP contribution in [0.4, 0.5) is 0 Å². The summed E-state index contributed by atoms with van der Waals surface area (Å²) in [5.41, 5.74) is 15.7. The predicted octanol–water partition coefficient (Wildman–Crippen LogP) is 7.27. The first-order valence-electron chi connectivity index (χ1n) is 16.3. The van der Waals surface area contributed by atoms with Gasteiger partial charge in [0.2, 0.25) is 0 Å². The van der Waals surface area contributed by atoms with Gasteiger partial charge in [-0.3, -0.25) is 0 Å². The van der Waals surface area contributed by atoms with Crippen LogP contribution in [-0.4, -0.2) is 56.3 Å². The standard InChI is InChI=1S/C44H27N4.2H2O.Sn.H/c1-5-13-29(14-6-1)38-27-37-26-35-22-21-33(45-35)25-34-23-24-36(46-34)28-39-40(30-15-7-2-8-16-30)41(31-17-9-3-10-18-31)44(48-39)42(43(38)47-37)32-19-11-4-12-20-32;;;;/h1-26,28H;2*1H2;;. The van der Waals surface area contributed by atoms with E-state index < -0.39 is 0 Å². The van der Waals surface area contributed by atoms with Gasteiger partial charge in [-0.05, 0) is 0 Å².